The smallest absolute Gasteiger partial charge is 0.0438 e. The molecule has 1 unspecified atom stereocenters. The standard InChI is InChI=1S/C16H16Br2ClN/c1-10-7-14(18)12(9-13(10)17)16(20-2)8-11-5-3-4-6-15(11)19/h3-7,9,16,20H,8H2,1-2H3. The molecule has 2 rings (SSSR count). The maximum atomic E-state index is 6.26. The fraction of sp³-hybridized carbons (Fsp3) is 0.250. The summed E-state index contributed by atoms with van der Waals surface area (Å²) in [5.74, 6) is 0. The predicted molar refractivity (Wildman–Crippen MR) is 93.5 cm³/mol. The van der Waals surface area contributed by atoms with Crippen LogP contribution in [0.4, 0.5) is 0 Å². The molecule has 0 aromatic heterocycles. The van der Waals surface area contributed by atoms with Crippen LogP contribution in [-0.4, -0.2) is 7.05 Å². The fourth-order valence-electron chi connectivity index (χ4n) is 2.18. The van der Waals surface area contributed by atoms with Crippen molar-refractivity contribution in [3.8, 4) is 0 Å². The summed E-state index contributed by atoms with van der Waals surface area (Å²) in [6.07, 6.45) is 0.851. The van der Waals surface area contributed by atoms with Gasteiger partial charge in [-0.3, -0.25) is 0 Å². The first kappa shape index (κ1) is 16.0. The normalized spacial score (nSPS) is 12.4. The minimum absolute atomic E-state index is 0.209. The van der Waals surface area contributed by atoms with Gasteiger partial charge in [0.25, 0.3) is 0 Å². The highest BCUT2D eigenvalue weighted by Crippen LogP contribution is 2.32. The van der Waals surface area contributed by atoms with Crippen molar-refractivity contribution in [3.05, 3.63) is 67.1 Å². The fourth-order valence-corrected chi connectivity index (χ4v) is 3.49. The molecule has 1 N–H and O–H groups in total. The highest BCUT2D eigenvalue weighted by Gasteiger charge is 2.16. The minimum atomic E-state index is 0.209. The highest BCUT2D eigenvalue weighted by molar-refractivity contribution is 9.11. The van der Waals surface area contributed by atoms with E-state index in [4.69, 9.17) is 11.6 Å². The predicted octanol–water partition coefficient (Wildman–Crippen LogP) is 5.68. The second kappa shape index (κ2) is 7.08. The molecule has 0 radical (unpaired) electrons. The Hall–Kier alpha value is -0.350. The van der Waals surface area contributed by atoms with E-state index in [-0.39, 0.29) is 6.04 Å². The lowest BCUT2D eigenvalue weighted by atomic mass is 9.98. The third-order valence-corrected chi connectivity index (χ3v) is 5.29. The quantitative estimate of drug-likeness (QED) is 0.675. The molecule has 2 aromatic rings. The molecule has 0 saturated heterocycles. The zero-order chi connectivity index (χ0) is 14.7. The van der Waals surface area contributed by atoms with E-state index in [0.717, 1.165) is 26.0 Å². The summed E-state index contributed by atoms with van der Waals surface area (Å²) in [5, 5.41) is 4.19. The summed E-state index contributed by atoms with van der Waals surface area (Å²) in [6, 6.07) is 12.5. The van der Waals surface area contributed by atoms with Gasteiger partial charge in [0.1, 0.15) is 0 Å². The van der Waals surface area contributed by atoms with Crippen LogP contribution in [0.5, 0.6) is 0 Å². The van der Waals surface area contributed by atoms with Crippen molar-refractivity contribution >= 4 is 43.5 Å². The van der Waals surface area contributed by atoms with Gasteiger partial charge in [-0.05, 0) is 55.3 Å². The molecule has 0 spiro atoms. The van der Waals surface area contributed by atoms with Crippen LogP contribution in [0.3, 0.4) is 0 Å². The number of rotatable bonds is 4. The van der Waals surface area contributed by atoms with Crippen molar-refractivity contribution in [3.63, 3.8) is 0 Å². The molecule has 106 valence electrons. The molecule has 20 heavy (non-hydrogen) atoms. The van der Waals surface area contributed by atoms with Crippen LogP contribution < -0.4 is 5.32 Å². The molecule has 0 heterocycles. The highest BCUT2D eigenvalue weighted by atomic mass is 79.9. The first-order valence-corrected chi connectivity index (χ1v) is 8.35. The Balaban J connectivity index is 2.34. The van der Waals surface area contributed by atoms with E-state index in [1.165, 1.54) is 11.1 Å². The van der Waals surface area contributed by atoms with Crippen molar-refractivity contribution in [1.82, 2.24) is 5.32 Å². The Labute approximate surface area is 142 Å². The van der Waals surface area contributed by atoms with E-state index >= 15 is 0 Å². The molecule has 4 heteroatoms. The first-order valence-electron chi connectivity index (χ1n) is 6.39. The lowest BCUT2D eigenvalue weighted by Crippen LogP contribution is -2.19. The van der Waals surface area contributed by atoms with Crippen molar-refractivity contribution in [1.29, 1.82) is 0 Å². The summed E-state index contributed by atoms with van der Waals surface area (Å²) in [7, 11) is 1.97. The minimum Gasteiger partial charge on any atom is -0.313 e. The molecule has 0 aliphatic carbocycles. The van der Waals surface area contributed by atoms with Gasteiger partial charge in [0.2, 0.25) is 0 Å². The van der Waals surface area contributed by atoms with Gasteiger partial charge >= 0.3 is 0 Å². The molecule has 1 nitrogen and oxygen atoms in total. The van der Waals surface area contributed by atoms with Crippen LogP contribution in [0, 0.1) is 6.92 Å². The number of likely N-dealkylation sites (N-methyl/N-ethyl adjacent to an activating group) is 1. The van der Waals surface area contributed by atoms with Gasteiger partial charge in [-0.15, -0.1) is 0 Å². The summed E-state index contributed by atoms with van der Waals surface area (Å²) < 4.78 is 2.24. The van der Waals surface area contributed by atoms with Crippen molar-refractivity contribution in [2.24, 2.45) is 0 Å². The molecule has 1 atom stereocenters. The Kier molecular flexibility index (Phi) is 5.67. The van der Waals surface area contributed by atoms with Crippen LogP contribution in [0.15, 0.2) is 45.3 Å². The number of aryl methyl sites for hydroxylation is 1. The molecular formula is C16H16Br2ClN. The molecular weight excluding hydrogens is 401 g/mol. The Morgan fingerprint density at radius 3 is 2.50 bits per heavy atom. The zero-order valence-electron chi connectivity index (χ0n) is 11.4. The first-order chi connectivity index (χ1) is 9.52. The number of hydrogen-bond donors (Lipinski definition) is 1. The van der Waals surface area contributed by atoms with E-state index in [0.29, 0.717) is 0 Å². The third-order valence-electron chi connectivity index (χ3n) is 3.38. The largest absolute Gasteiger partial charge is 0.313 e. The molecule has 0 aliphatic rings. The second-order valence-corrected chi connectivity index (χ2v) is 6.88. The van der Waals surface area contributed by atoms with E-state index in [2.05, 4.69) is 62.3 Å². The van der Waals surface area contributed by atoms with E-state index < -0.39 is 0 Å². The maximum Gasteiger partial charge on any atom is 0.0438 e. The van der Waals surface area contributed by atoms with Gasteiger partial charge in [0.05, 0.1) is 0 Å². The third kappa shape index (κ3) is 3.64. The van der Waals surface area contributed by atoms with Gasteiger partial charge in [-0.1, -0.05) is 61.7 Å². The lowest BCUT2D eigenvalue weighted by molar-refractivity contribution is 0.589. The number of hydrogen-bond acceptors (Lipinski definition) is 1. The molecule has 0 amide bonds. The van der Waals surface area contributed by atoms with Crippen LogP contribution in [0.25, 0.3) is 0 Å². The van der Waals surface area contributed by atoms with Crippen LogP contribution in [-0.2, 0) is 6.42 Å². The molecule has 0 fully saturated rings. The maximum absolute atomic E-state index is 6.26. The Morgan fingerprint density at radius 1 is 1.15 bits per heavy atom. The summed E-state index contributed by atoms with van der Waals surface area (Å²) in [5.41, 5.74) is 3.59. The number of benzene rings is 2. The lowest BCUT2D eigenvalue weighted by Gasteiger charge is -2.20. The monoisotopic (exact) mass is 415 g/mol. The van der Waals surface area contributed by atoms with Gasteiger partial charge in [-0.2, -0.15) is 0 Å². The molecule has 0 bridgehead atoms. The van der Waals surface area contributed by atoms with E-state index in [9.17, 15) is 0 Å². The number of halogens is 3. The summed E-state index contributed by atoms with van der Waals surface area (Å²) in [4.78, 5) is 0. The summed E-state index contributed by atoms with van der Waals surface area (Å²) >= 11 is 13.5. The summed E-state index contributed by atoms with van der Waals surface area (Å²) in [6.45, 7) is 2.08. The Morgan fingerprint density at radius 2 is 1.85 bits per heavy atom. The van der Waals surface area contributed by atoms with E-state index in [1.54, 1.807) is 0 Å². The van der Waals surface area contributed by atoms with E-state index in [1.807, 2.05) is 25.2 Å². The Bertz CT molecular complexity index is 613. The number of nitrogens with one attached hydrogen (secondary N) is 1. The van der Waals surface area contributed by atoms with Crippen LogP contribution in [0.2, 0.25) is 5.02 Å². The molecule has 0 saturated carbocycles. The van der Waals surface area contributed by atoms with Gasteiger partial charge < -0.3 is 5.32 Å². The van der Waals surface area contributed by atoms with Crippen molar-refractivity contribution in [2.45, 2.75) is 19.4 Å². The average molecular weight is 418 g/mol. The zero-order valence-corrected chi connectivity index (χ0v) is 15.3. The van der Waals surface area contributed by atoms with Gasteiger partial charge in [0.15, 0.2) is 0 Å². The van der Waals surface area contributed by atoms with Crippen molar-refractivity contribution < 1.29 is 0 Å². The van der Waals surface area contributed by atoms with Crippen LogP contribution in [0.1, 0.15) is 22.7 Å². The van der Waals surface area contributed by atoms with Gasteiger partial charge in [0, 0.05) is 20.0 Å². The SMILES string of the molecule is CNC(Cc1ccccc1Cl)c1cc(Br)c(C)cc1Br. The molecule has 0 aliphatic heterocycles. The molecule has 2 aromatic carbocycles. The topological polar surface area (TPSA) is 12.0 Å². The second-order valence-electron chi connectivity index (χ2n) is 4.76. The van der Waals surface area contributed by atoms with Crippen LogP contribution >= 0.6 is 43.5 Å². The van der Waals surface area contributed by atoms with Crippen molar-refractivity contribution in [2.75, 3.05) is 7.05 Å². The average Bonchev–Trinajstić information content (AvgIpc) is 2.42. The van der Waals surface area contributed by atoms with Gasteiger partial charge in [-0.25, -0.2) is 0 Å².